The van der Waals surface area contributed by atoms with Crippen molar-refractivity contribution in [2.75, 3.05) is 13.1 Å². The second-order valence-electron chi connectivity index (χ2n) is 6.32. The summed E-state index contributed by atoms with van der Waals surface area (Å²) < 4.78 is 1.87. The van der Waals surface area contributed by atoms with Gasteiger partial charge in [-0.15, -0.1) is 0 Å². The summed E-state index contributed by atoms with van der Waals surface area (Å²) in [6.07, 6.45) is 8.66. The van der Waals surface area contributed by atoms with E-state index in [2.05, 4.69) is 34.6 Å². The zero-order chi connectivity index (χ0) is 15.8. The summed E-state index contributed by atoms with van der Waals surface area (Å²) in [6, 6.07) is 2.01. The van der Waals surface area contributed by atoms with Gasteiger partial charge in [0, 0.05) is 26.3 Å². The van der Waals surface area contributed by atoms with Gasteiger partial charge in [0.25, 0.3) is 0 Å². The van der Waals surface area contributed by atoms with Crippen LogP contribution in [0.3, 0.4) is 0 Å². The molecule has 5 heteroatoms. The van der Waals surface area contributed by atoms with Crippen molar-refractivity contribution >= 4 is 5.96 Å². The van der Waals surface area contributed by atoms with Gasteiger partial charge in [0.05, 0.1) is 12.2 Å². The summed E-state index contributed by atoms with van der Waals surface area (Å²) in [7, 11) is 1.96. The Bertz CT molecular complexity index is 457. The number of guanidine groups is 1. The molecule has 2 rings (SSSR count). The van der Waals surface area contributed by atoms with E-state index in [1.807, 2.05) is 24.0 Å². The van der Waals surface area contributed by atoms with Crippen LogP contribution >= 0.6 is 0 Å². The van der Waals surface area contributed by atoms with Gasteiger partial charge < -0.3 is 10.6 Å². The summed E-state index contributed by atoms with van der Waals surface area (Å²) in [5, 5.41) is 11.0. The van der Waals surface area contributed by atoms with Gasteiger partial charge in [0.1, 0.15) is 0 Å². The molecule has 1 aromatic rings. The van der Waals surface area contributed by atoms with Gasteiger partial charge in [-0.3, -0.25) is 4.68 Å². The fraction of sp³-hybridized carbons (Fsp3) is 0.765. The molecule has 1 aromatic heterocycles. The molecule has 0 bridgehead atoms. The van der Waals surface area contributed by atoms with Crippen molar-refractivity contribution in [3.63, 3.8) is 0 Å². The maximum atomic E-state index is 4.67. The molecule has 1 fully saturated rings. The van der Waals surface area contributed by atoms with Gasteiger partial charge in [-0.05, 0) is 37.7 Å². The summed E-state index contributed by atoms with van der Waals surface area (Å²) in [5.41, 5.74) is 1.13. The highest BCUT2D eigenvalue weighted by atomic mass is 15.3. The first kappa shape index (κ1) is 16.8. The first-order valence-electron chi connectivity index (χ1n) is 8.72. The smallest absolute Gasteiger partial charge is 0.191 e. The molecular weight excluding hydrogens is 274 g/mol. The first-order chi connectivity index (χ1) is 10.7. The minimum atomic E-state index is 0.661. The lowest BCUT2D eigenvalue weighted by atomic mass is 9.81. The lowest BCUT2D eigenvalue weighted by molar-refractivity contribution is 0.269. The van der Waals surface area contributed by atoms with E-state index in [9.17, 15) is 0 Å². The number of rotatable bonds is 6. The highest BCUT2D eigenvalue weighted by Crippen LogP contribution is 2.29. The number of aryl methyl sites for hydroxylation is 1. The number of aliphatic imine (C=N–C) groups is 1. The van der Waals surface area contributed by atoms with Crippen LogP contribution in [0, 0.1) is 11.8 Å². The van der Waals surface area contributed by atoms with E-state index >= 15 is 0 Å². The Morgan fingerprint density at radius 2 is 1.95 bits per heavy atom. The highest BCUT2D eigenvalue weighted by Gasteiger charge is 2.19. The molecule has 1 heterocycles. The van der Waals surface area contributed by atoms with E-state index in [0.717, 1.165) is 36.6 Å². The molecule has 1 aliphatic carbocycles. The zero-order valence-electron chi connectivity index (χ0n) is 14.3. The minimum absolute atomic E-state index is 0.661. The van der Waals surface area contributed by atoms with E-state index in [1.165, 1.54) is 32.1 Å². The third-order valence-electron chi connectivity index (χ3n) is 4.77. The van der Waals surface area contributed by atoms with Crippen molar-refractivity contribution in [2.45, 2.75) is 52.5 Å². The van der Waals surface area contributed by atoms with Crippen molar-refractivity contribution in [1.82, 2.24) is 20.4 Å². The maximum Gasteiger partial charge on any atom is 0.191 e. The predicted octanol–water partition coefficient (Wildman–Crippen LogP) is 2.69. The first-order valence-corrected chi connectivity index (χ1v) is 8.72. The van der Waals surface area contributed by atoms with Gasteiger partial charge in [-0.2, -0.15) is 5.10 Å². The molecule has 0 aliphatic heterocycles. The summed E-state index contributed by atoms with van der Waals surface area (Å²) in [6.45, 7) is 7.01. The molecule has 22 heavy (non-hydrogen) atoms. The molecule has 2 N–H and O–H groups in total. The van der Waals surface area contributed by atoms with Gasteiger partial charge in [-0.25, -0.2) is 4.99 Å². The van der Waals surface area contributed by atoms with Crippen LogP contribution < -0.4 is 10.6 Å². The fourth-order valence-corrected chi connectivity index (χ4v) is 3.14. The number of nitrogens with zero attached hydrogens (tertiary/aromatic N) is 3. The normalized spacial score (nSPS) is 22.6. The average Bonchev–Trinajstić information content (AvgIpc) is 2.96. The van der Waals surface area contributed by atoms with Crippen molar-refractivity contribution in [1.29, 1.82) is 0 Å². The Morgan fingerprint density at radius 1 is 1.23 bits per heavy atom. The topological polar surface area (TPSA) is 54.2 Å². The molecule has 1 saturated carbocycles. The summed E-state index contributed by atoms with van der Waals surface area (Å²) >= 11 is 0. The molecule has 0 radical (unpaired) electrons. The van der Waals surface area contributed by atoms with Crippen molar-refractivity contribution < 1.29 is 0 Å². The highest BCUT2D eigenvalue weighted by molar-refractivity contribution is 5.79. The molecule has 0 spiro atoms. The van der Waals surface area contributed by atoms with E-state index in [4.69, 9.17) is 0 Å². The van der Waals surface area contributed by atoms with Crippen molar-refractivity contribution in [3.8, 4) is 0 Å². The van der Waals surface area contributed by atoms with Crippen LogP contribution in [0.2, 0.25) is 0 Å². The van der Waals surface area contributed by atoms with E-state index in [0.29, 0.717) is 6.54 Å². The molecule has 5 nitrogen and oxygen atoms in total. The van der Waals surface area contributed by atoms with Crippen LogP contribution in [0.25, 0.3) is 0 Å². The molecule has 0 unspecified atom stereocenters. The van der Waals surface area contributed by atoms with Crippen LogP contribution in [0.5, 0.6) is 0 Å². The van der Waals surface area contributed by atoms with Crippen LogP contribution in [0.4, 0.5) is 0 Å². The number of aromatic nitrogens is 2. The Hall–Kier alpha value is -1.52. The van der Waals surface area contributed by atoms with Crippen LogP contribution in [-0.4, -0.2) is 28.8 Å². The monoisotopic (exact) mass is 305 g/mol. The van der Waals surface area contributed by atoms with Crippen LogP contribution in [0.15, 0.2) is 17.3 Å². The Labute approximate surface area is 134 Å². The van der Waals surface area contributed by atoms with Gasteiger partial charge in [0.15, 0.2) is 5.96 Å². The Kier molecular flexibility index (Phi) is 6.74. The third kappa shape index (κ3) is 5.04. The standard InChI is InChI=1S/C17H31N5/c1-4-14-6-8-15(9-7-14)12-19-17(18-5-2)20-13-16-10-11-21-22(16)3/h10-11,14-15H,4-9,12-13H2,1-3H3,(H2,18,19,20). The van der Waals surface area contributed by atoms with E-state index in [-0.39, 0.29) is 0 Å². The summed E-state index contributed by atoms with van der Waals surface area (Å²) in [5.74, 6) is 2.67. The molecule has 124 valence electrons. The number of hydrogen-bond donors (Lipinski definition) is 2. The van der Waals surface area contributed by atoms with Crippen LogP contribution in [0.1, 0.15) is 51.6 Å². The molecule has 0 aromatic carbocycles. The number of hydrogen-bond acceptors (Lipinski definition) is 2. The predicted molar refractivity (Wildman–Crippen MR) is 91.8 cm³/mol. The molecule has 1 aliphatic rings. The Balaban J connectivity index is 1.80. The zero-order valence-corrected chi connectivity index (χ0v) is 14.3. The largest absolute Gasteiger partial charge is 0.357 e. The van der Waals surface area contributed by atoms with E-state index < -0.39 is 0 Å². The maximum absolute atomic E-state index is 4.67. The Morgan fingerprint density at radius 3 is 2.55 bits per heavy atom. The van der Waals surface area contributed by atoms with Gasteiger partial charge >= 0.3 is 0 Å². The molecule has 0 atom stereocenters. The molecule has 0 saturated heterocycles. The summed E-state index contributed by atoms with van der Waals surface area (Å²) in [4.78, 5) is 4.67. The quantitative estimate of drug-likeness (QED) is 0.627. The molecular formula is C17H31N5. The molecule has 0 amide bonds. The van der Waals surface area contributed by atoms with Gasteiger partial charge in [0.2, 0.25) is 0 Å². The van der Waals surface area contributed by atoms with Crippen LogP contribution in [-0.2, 0) is 13.6 Å². The second-order valence-corrected chi connectivity index (χ2v) is 6.32. The third-order valence-corrected chi connectivity index (χ3v) is 4.77. The fourth-order valence-electron chi connectivity index (χ4n) is 3.14. The minimum Gasteiger partial charge on any atom is -0.357 e. The van der Waals surface area contributed by atoms with Crippen molar-refractivity contribution in [2.24, 2.45) is 23.9 Å². The second kappa shape index (κ2) is 8.81. The van der Waals surface area contributed by atoms with Crippen molar-refractivity contribution in [3.05, 3.63) is 18.0 Å². The lowest BCUT2D eigenvalue weighted by Crippen LogP contribution is -2.40. The van der Waals surface area contributed by atoms with E-state index in [1.54, 1.807) is 0 Å². The SMILES string of the molecule is CCNC(=NCc1ccnn1C)NCC1CCC(CC)CC1. The lowest BCUT2D eigenvalue weighted by Gasteiger charge is -2.28. The number of nitrogens with one attached hydrogen (secondary N) is 2. The van der Waals surface area contributed by atoms with Gasteiger partial charge in [-0.1, -0.05) is 26.2 Å². The average molecular weight is 305 g/mol.